The number of furan rings is 1. The summed E-state index contributed by atoms with van der Waals surface area (Å²) in [7, 11) is 0. The van der Waals surface area contributed by atoms with Crippen molar-refractivity contribution in [1.82, 2.24) is 5.32 Å². The van der Waals surface area contributed by atoms with Gasteiger partial charge in [0.1, 0.15) is 10.7 Å². The first-order valence-electron chi connectivity index (χ1n) is 6.99. The number of thioether (sulfide) groups is 1. The van der Waals surface area contributed by atoms with E-state index in [0.29, 0.717) is 22.0 Å². The number of primary amides is 1. The number of amides is 2. The molecule has 0 saturated heterocycles. The molecule has 0 aliphatic carbocycles. The molecule has 9 heteroatoms. The molecule has 2 amide bonds. The topological polar surface area (TPSA) is 128 Å². The third-order valence-corrected chi connectivity index (χ3v) is 4.08. The van der Waals surface area contributed by atoms with Crippen LogP contribution in [-0.4, -0.2) is 23.3 Å². The van der Waals surface area contributed by atoms with E-state index < -0.39 is 10.8 Å². The zero-order valence-corrected chi connectivity index (χ0v) is 13.4. The Balaban J connectivity index is 2.01. The number of carbonyl (C=O) groups is 2. The smallest absolute Gasteiger partial charge is 0.405 e. The van der Waals surface area contributed by atoms with Gasteiger partial charge in [0, 0.05) is 17.9 Å². The van der Waals surface area contributed by atoms with Crippen LogP contribution in [0.3, 0.4) is 0 Å². The first kappa shape index (κ1) is 17.5. The summed E-state index contributed by atoms with van der Waals surface area (Å²) in [4.78, 5) is 33.6. The van der Waals surface area contributed by atoms with Gasteiger partial charge >= 0.3 is 5.88 Å². The normalized spacial score (nSPS) is 10.3. The van der Waals surface area contributed by atoms with Crippen LogP contribution in [0, 0.1) is 10.1 Å². The van der Waals surface area contributed by atoms with Crippen molar-refractivity contribution in [2.24, 2.45) is 5.73 Å². The average Bonchev–Trinajstić information content (AvgIpc) is 3.02. The molecule has 24 heavy (non-hydrogen) atoms. The van der Waals surface area contributed by atoms with Crippen LogP contribution in [0.2, 0.25) is 0 Å². The fourth-order valence-electron chi connectivity index (χ4n) is 1.87. The minimum absolute atomic E-state index is 0.0666. The van der Waals surface area contributed by atoms with Crippen LogP contribution >= 0.6 is 11.8 Å². The summed E-state index contributed by atoms with van der Waals surface area (Å²) in [5.74, 6) is -0.333. The first-order chi connectivity index (χ1) is 11.5. The van der Waals surface area contributed by atoms with E-state index in [2.05, 4.69) is 5.32 Å². The van der Waals surface area contributed by atoms with Gasteiger partial charge in [0.05, 0.1) is 17.4 Å². The van der Waals surface area contributed by atoms with Gasteiger partial charge in [0.25, 0.3) is 5.91 Å². The molecule has 0 aliphatic heterocycles. The molecule has 0 atom stereocenters. The van der Waals surface area contributed by atoms with E-state index in [-0.39, 0.29) is 24.8 Å². The lowest BCUT2D eigenvalue weighted by molar-refractivity contribution is -0.402. The number of benzene rings is 1. The second-order valence-corrected chi connectivity index (χ2v) is 5.77. The van der Waals surface area contributed by atoms with Gasteiger partial charge in [0.15, 0.2) is 0 Å². The van der Waals surface area contributed by atoms with Gasteiger partial charge < -0.3 is 15.5 Å². The van der Waals surface area contributed by atoms with Gasteiger partial charge in [-0.15, -0.1) is 11.8 Å². The Morgan fingerprint density at radius 3 is 2.67 bits per heavy atom. The summed E-state index contributed by atoms with van der Waals surface area (Å²) < 4.78 is 5.09. The molecule has 1 aromatic carbocycles. The summed E-state index contributed by atoms with van der Waals surface area (Å²) in [5, 5.41) is 13.2. The van der Waals surface area contributed by atoms with Gasteiger partial charge in [-0.05, 0) is 18.2 Å². The van der Waals surface area contributed by atoms with Gasteiger partial charge in [0.2, 0.25) is 5.91 Å². The standard InChI is InChI=1S/C15H15N3O5S/c16-13(19)7-8-17-15(20)11-3-1-2-4-12(11)24-9-10-5-6-14(23-10)18(21)22/h1-6H,7-9H2,(H2,16,19)(H,17,20). The molecule has 0 spiro atoms. The average molecular weight is 349 g/mol. The number of nitrogens with zero attached hydrogens (tertiary/aromatic N) is 1. The van der Waals surface area contributed by atoms with Crippen molar-refractivity contribution in [2.75, 3.05) is 6.54 Å². The minimum atomic E-state index is -0.603. The molecular formula is C15H15N3O5S. The maximum absolute atomic E-state index is 12.2. The fraction of sp³-hybridized carbons (Fsp3) is 0.200. The second-order valence-electron chi connectivity index (χ2n) is 4.75. The van der Waals surface area contributed by atoms with Crippen molar-refractivity contribution in [3.05, 3.63) is 57.8 Å². The van der Waals surface area contributed by atoms with Crippen molar-refractivity contribution < 1.29 is 18.9 Å². The molecule has 0 radical (unpaired) electrons. The summed E-state index contributed by atoms with van der Waals surface area (Å²) >= 11 is 1.32. The molecule has 2 aromatic rings. The molecular weight excluding hydrogens is 334 g/mol. The first-order valence-corrected chi connectivity index (χ1v) is 7.97. The highest BCUT2D eigenvalue weighted by Crippen LogP contribution is 2.28. The Kier molecular flexibility index (Phi) is 5.96. The predicted octanol–water partition coefficient (Wildman–Crippen LogP) is 2.09. The van der Waals surface area contributed by atoms with E-state index in [1.165, 1.54) is 23.9 Å². The third-order valence-electron chi connectivity index (χ3n) is 2.99. The van der Waals surface area contributed by atoms with Gasteiger partial charge in [-0.1, -0.05) is 12.1 Å². The zero-order chi connectivity index (χ0) is 17.5. The molecule has 126 valence electrons. The largest absolute Gasteiger partial charge is 0.433 e. The number of hydrogen-bond donors (Lipinski definition) is 2. The molecule has 0 saturated carbocycles. The van der Waals surface area contributed by atoms with E-state index in [0.717, 1.165) is 0 Å². The lowest BCUT2D eigenvalue weighted by Gasteiger charge is -2.08. The van der Waals surface area contributed by atoms with Gasteiger partial charge in [-0.3, -0.25) is 19.7 Å². The molecule has 8 nitrogen and oxygen atoms in total. The molecule has 3 N–H and O–H groups in total. The summed E-state index contributed by atoms with van der Waals surface area (Å²) in [5.41, 5.74) is 5.48. The number of carbonyl (C=O) groups excluding carboxylic acids is 2. The Morgan fingerprint density at radius 1 is 1.25 bits per heavy atom. The number of nitrogens with one attached hydrogen (secondary N) is 1. The predicted molar refractivity (Wildman–Crippen MR) is 87.5 cm³/mol. The van der Waals surface area contributed by atoms with E-state index >= 15 is 0 Å². The summed E-state index contributed by atoms with van der Waals surface area (Å²) in [6, 6.07) is 9.76. The van der Waals surface area contributed by atoms with Gasteiger partial charge in [-0.25, -0.2) is 0 Å². The van der Waals surface area contributed by atoms with Crippen LogP contribution in [0.15, 0.2) is 45.7 Å². The Morgan fingerprint density at radius 2 is 2.00 bits per heavy atom. The van der Waals surface area contributed by atoms with Crippen LogP contribution in [0.1, 0.15) is 22.5 Å². The number of rotatable bonds is 8. The van der Waals surface area contributed by atoms with E-state index in [9.17, 15) is 19.7 Å². The number of hydrogen-bond acceptors (Lipinski definition) is 6. The van der Waals surface area contributed by atoms with Crippen LogP contribution < -0.4 is 11.1 Å². The summed E-state index contributed by atoms with van der Waals surface area (Å²) in [6.07, 6.45) is 0.0666. The minimum Gasteiger partial charge on any atom is -0.405 e. The molecule has 2 rings (SSSR count). The molecule has 0 aliphatic rings. The molecule has 0 fully saturated rings. The van der Waals surface area contributed by atoms with Gasteiger partial charge in [-0.2, -0.15) is 0 Å². The number of nitrogens with two attached hydrogens (primary N) is 1. The molecule has 0 bridgehead atoms. The SMILES string of the molecule is NC(=O)CCNC(=O)c1ccccc1SCc1ccc([N+](=O)[O-])o1. The van der Waals surface area contributed by atoms with E-state index in [4.69, 9.17) is 10.2 Å². The Bertz CT molecular complexity index is 759. The monoisotopic (exact) mass is 349 g/mol. The highest BCUT2D eigenvalue weighted by Gasteiger charge is 2.14. The molecule has 1 aromatic heterocycles. The van der Waals surface area contributed by atoms with Crippen molar-refractivity contribution in [2.45, 2.75) is 17.1 Å². The lowest BCUT2D eigenvalue weighted by atomic mass is 10.2. The number of nitro groups is 1. The van der Waals surface area contributed by atoms with Crippen LogP contribution in [-0.2, 0) is 10.5 Å². The fourth-order valence-corrected chi connectivity index (χ4v) is 2.81. The highest BCUT2D eigenvalue weighted by atomic mass is 32.2. The van der Waals surface area contributed by atoms with E-state index in [1.54, 1.807) is 24.3 Å². The third kappa shape index (κ3) is 4.85. The second kappa shape index (κ2) is 8.16. The lowest BCUT2D eigenvalue weighted by Crippen LogP contribution is -2.28. The zero-order valence-electron chi connectivity index (χ0n) is 12.6. The Hall–Kier alpha value is -2.81. The van der Waals surface area contributed by atoms with Crippen molar-refractivity contribution >= 4 is 29.5 Å². The highest BCUT2D eigenvalue weighted by molar-refractivity contribution is 7.98. The Labute approximate surface area is 141 Å². The maximum Gasteiger partial charge on any atom is 0.433 e. The maximum atomic E-state index is 12.2. The quantitative estimate of drug-likeness (QED) is 0.426. The van der Waals surface area contributed by atoms with Crippen LogP contribution in [0.5, 0.6) is 0 Å². The van der Waals surface area contributed by atoms with Crippen molar-refractivity contribution in [1.29, 1.82) is 0 Å². The summed E-state index contributed by atoms with van der Waals surface area (Å²) in [6.45, 7) is 0.164. The molecule has 1 heterocycles. The molecule has 0 unspecified atom stereocenters. The van der Waals surface area contributed by atoms with E-state index in [1.807, 2.05) is 0 Å². The van der Waals surface area contributed by atoms with Crippen molar-refractivity contribution in [3.8, 4) is 0 Å². The van der Waals surface area contributed by atoms with Crippen molar-refractivity contribution in [3.63, 3.8) is 0 Å². The van der Waals surface area contributed by atoms with Crippen LogP contribution in [0.25, 0.3) is 0 Å². The van der Waals surface area contributed by atoms with Crippen LogP contribution in [0.4, 0.5) is 5.88 Å².